The monoisotopic (exact) mass is 428 g/mol. The Hall–Kier alpha value is -2.83. The molecule has 148 valence electrons. The first-order valence-corrected chi connectivity index (χ1v) is 9.95. The van der Waals surface area contributed by atoms with E-state index in [-0.39, 0.29) is 11.4 Å². The van der Waals surface area contributed by atoms with Gasteiger partial charge in [0.1, 0.15) is 16.9 Å². The van der Waals surface area contributed by atoms with Crippen LogP contribution in [0.1, 0.15) is 30.1 Å². The van der Waals surface area contributed by atoms with Gasteiger partial charge in [0.2, 0.25) is 0 Å². The van der Waals surface area contributed by atoms with Gasteiger partial charge in [0.05, 0.1) is 23.3 Å². The summed E-state index contributed by atoms with van der Waals surface area (Å²) in [5, 5.41) is 0.879. The van der Waals surface area contributed by atoms with Gasteiger partial charge < -0.3 is 10.5 Å². The van der Waals surface area contributed by atoms with Crippen LogP contribution < -0.4 is 5.73 Å². The van der Waals surface area contributed by atoms with E-state index < -0.39 is 5.97 Å². The zero-order valence-corrected chi connectivity index (χ0v) is 17.2. The Morgan fingerprint density at radius 3 is 2.41 bits per heavy atom. The van der Waals surface area contributed by atoms with E-state index >= 15 is 0 Å². The van der Waals surface area contributed by atoms with E-state index in [1.807, 2.05) is 31.2 Å². The maximum Gasteiger partial charge on any atom is 0.344 e. The van der Waals surface area contributed by atoms with Crippen LogP contribution in [0, 0.1) is 0 Å². The third-order valence-electron chi connectivity index (χ3n) is 4.54. The topological polar surface area (TPSA) is 83.0 Å². The van der Waals surface area contributed by atoms with Gasteiger partial charge in [-0.05, 0) is 36.8 Å². The average Bonchev–Trinajstić information content (AvgIpc) is 2.96. The number of carbonyl (C=O) groups is 1. The first-order valence-electron chi connectivity index (χ1n) is 9.20. The summed E-state index contributed by atoms with van der Waals surface area (Å²) in [5.74, 6) is -0.354. The van der Waals surface area contributed by atoms with Gasteiger partial charge in [-0.3, -0.25) is 4.57 Å². The van der Waals surface area contributed by atoms with Gasteiger partial charge in [-0.15, -0.1) is 0 Å². The average molecular weight is 429 g/mol. The summed E-state index contributed by atoms with van der Waals surface area (Å²) in [5.41, 5.74) is 9.32. The number of fused-ring (bicyclic) bond motifs is 2. The number of hydrogen-bond donors (Lipinski definition) is 1. The summed E-state index contributed by atoms with van der Waals surface area (Å²) in [6, 6.07) is 12.4. The molecule has 0 aliphatic rings. The number of esters is 1. The zero-order chi connectivity index (χ0) is 20.5. The van der Waals surface area contributed by atoms with Crippen molar-refractivity contribution in [1.29, 1.82) is 0 Å². The molecule has 4 aromatic rings. The smallest absolute Gasteiger partial charge is 0.344 e. The van der Waals surface area contributed by atoms with Crippen molar-refractivity contribution in [2.75, 3.05) is 12.3 Å². The molecule has 0 atom stereocenters. The van der Waals surface area contributed by atoms with Crippen LogP contribution >= 0.6 is 23.2 Å². The Morgan fingerprint density at radius 2 is 1.76 bits per heavy atom. The third-order valence-corrected chi connectivity index (χ3v) is 4.97. The number of rotatable bonds is 5. The number of aromatic nitrogens is 3. The number of hydrogen-bond acceptors (Lipinski definition) is 5. The fraction of sp³-hybridized carbons (Fsp3) is 0.190. The summed E-state index contributed by atoms with van der Waals surface area (Å²) in [7, 11) is 0. The van der Waals surface area contributed by atoms with E-state index in [9.17, 15) is 4.79 Å². The lowest BCUT2D eigenvalue weighted by molar-refractivity contribution is 0.0503. The Morgan fingerprint density at radius 1 is 1.10 bits per heavy atom. The van der Waals surface area contributed by atoms with Gasteiger partial charge in [0.25, 0.3) is 0 Å². The van der Waals surface area contributed by atoms with E-state index in [0.29, 0.717) is 44.5 Å². The van der Waals surface area contributed by atoms with Crippen LogP contribution in [-0.4, -0.2) is 27.1 Å². The minimum Gasteiger partial charge on any atom is -0.462 e. The Kier molecular flexibility index (Phi) is 5.30. The van der Waals surface area contributed by atoms with E-state index in [1.54, 1.807) is 22.8 Å². The molecule has 0 fully saturated rings. The van der Waals surface area contributed by atoms with Crippen molar-refractivity contribution in [1.82, 2.24) is 14.5 Å². The molecule has 0 spiro atoms. The molecule has 2 N–H and O–H groups in total. The molecule has 6 nitrogen and oxygen atoms in total. The number of halogens is 2. The summed E-state index contributed by atoms with van der Waals surface area (Å²) in [4.78, 5) is 22.2. The predicted octanol–water partition coefficient (Wildman–Crippen LogP) is 5.42. The van der Waals surface area contributed by atoms with Crippen LogP contribution in [0.3, 0.4) is 0 Å². The second-order valence-electron chi connectivity index (χ2n) is 6.60. The summed E-state index contributed by atoms with van der Waals surface area (Å²) >= 11 is 12.4. The molecule has 0 unspecified atom stereocenters. The molecule has 0 radical (unpaired) electrons. The molecule has 0 amide bonds. The van der Waals surface area contributed by atoms with Crippen LogP contribution in [0.5, 0.6) is 0 Å². The molecule has 2 heterocycles. The lowest BCUT2D eigenvalue weighted by Gasteiger charge is -2.09. The summed E-state index contributed by atoms with van der Waals surface area (Å²) in [6.07, 6.45) is 1.68. The van der Waals surface area contributed by atoms with E-state index in [0.717, 1.165) is 12.8 Å². The number of para-hydroxylation sites is 2. The first kappa shape index (κ1) is 19.5. The molecular formula is C21H18Cl2N4O2. The van der Waals surface area contributed by atoms with Crippen LogP contribution in [0.4, 0.5) is 5.82 Å². The maximum absolute atomic E-state index is 12.8. The van der Waals surface area contributed by atoms with Gasteiger partial charge in [-0.2, -0.15) is 0 Å². The lowest BCUT2D eigenvalue weighted by Crippen LogP contribution is -2.10. The van der Waals surface area contributed by atoms with Crippen molar-refractivity contribution < 1.29 is 9.53 Å². The van der Waals surface area contributed by atoms with E-state index in [4.69, 9.17) is 38.7 Å². The van der Waals surface area contributed by atoms with Gasteiger partial charge in [-0.25, -0.2) is 14.8 Å². The van der Waals surface area contributed by atoms with E-state index in [2.05, 4.69) is 4.98 Å². The van der Waals surface area contributed by atoms with Crippen LogP contribution in [-0.2, 0) is 4.74 Å². The van der Waals surface area contributed by atoms with Crippen molar-refractivity contribution >= 4 is 57.2 Å². The number of ether oxygens (including phenoxy) is 1. The molecule has 2 aromatic carbocycles. The van der Waals surface area contributed by atoms with Gasteiger partial charge >= 0.3 is 5.97 Å². The first-order chi connectivity index (χ1) is 14.0. The fourth-order valence-electron chi connectivity index (χ4n) is 3.17. The number of anilines is 1. The maximum atomic E-state index is 12.8. The molecule has 4 rings (SSSR count). The van der Waals surface area contributed by atoms with Crippen molar-refractivity contribution in [3.63, 3.8) is 0 Å². The normalized spacial score (nSPS) is 11.3. The quantitative estimate of drug-likeness (QED) is 0.338. The van der Waals surface area contributed by atoms with Crippen LogP contribution in [0.2, 0.25) is 10.0 Å². The van der Waals surface area contributed by atoms with Gasteiger partial charge in [0.15, 0.2) is 5.65 Å². The molecule has 29 heavy (non-hydrogen) atoms. The number of nitrogens with two attached hydrogens (primary N) is 1. The molecule has 2 aromatic heterocycles. The minimum absolute atomic E-state index is 0.176. The number of nitrogens with zero attached hydrogens (tertiary/aromatic N) is 3. The molecule has 0 aliphatic heterocycles. The molecule has 0 saturated carbocycles. The van der Waals surface area contributed by atoms with Crippen molar-refractivity contribution in [3.05, 3.63) is 58.1 Å². The minimum atomic E-state index is -0.530. The Bertz CT molecular complexity index is 1220. The molecule has 0 aliphatic carbocycles. The van der Waals surface area contributed by atoms with E-state index in [1.165, 1.54) is 0 Å². The Balaban J connectivity index is 2.00. The molecular weight excluding hydrogens is 411 g/mol. The van der Waals surface area contributed by atoms with Crippen LogP contribution in [0.25, 0.3) is 27.9 Å². The highest BCUT2D eigenvalue weighted by molar-refractivity contribution is 6.35. The van der Waals surface area contributed by atoms with Crippen molar-refractivity contribution in [2.45, 2.75) is 19.8 Å². The highest BCUT2D eigenvalue weighted by Crippen LogP contribution is 2.33. The van der Waals surface area contributed by atoms with Crippen molar-refractivity contribution in [2.24, 2.45) is 0 Å². The van der Waals surface area contributed by atoms with Gasteiger partial charge in [0, 0.05) is 10.0 Å². The van der Waals surface area contributed by atoms with Crippen LogP contribution in [0.15, 0.2) is 42.5 Å². The highest BCUT2D eigenvalue weighted by atomic mass is 35.5. The van der Waals surface area contributed by atoms with Crippen molar-refractivity contribution in [3.8, 4) is 5.69 Å². The number of benzene rings is 2. The Labute approximate surface area is 177 Å². The summed E-state index contributed by atoms with van der Waals surface area (Å²) in [6.45, 7) is 2.33. The SMILES string of the molecule is CCCCOC(=O)c1c(N)n(-c2cc(Cl)cc(Cl)c2)c2nc3ccccc3nc12. The predicted molar refractivity (Wildman–Crippen MR) is 116 cm³/mol. The second-order valence-corrected chi connectivity index (χ2v) is 7.47. The molecule has 8 heteroatoms. The third kappa shape index (κ3) is 3.61. The molecule has 0 saturated heterocycles. The fourth-order valence-corrected chi connectivity index (χ4v) is 3.69. The standard InChI is InChI=1S/C21H18Cl2N4O2/c1-2-3-8-29-21(28)17-18-20(26-16-7-5-4-6-15(16)25-18)27(19(17)24)14-10-12(22)9-13(23)11-14/h4-7,9-11H,2-3,8,24H2,1H3. The lowest BCUT2D eigenvalue weighted by atomic mass is 10.2. The number of unbranched alkanes of at least 4 members (excludes halogenated alkanes) is 1. The molecule has 0 bridgehead atoms. The van der Waals surface area contributed by atoms with Gasteiger partial charge in [-0.1, -0.05) is 48.7 Å². The highest BCUT2D eigenvalue weighted by Gasteiger charge is 2.26. The number of carbonyl (C=O) groups excluding carboxylic acids is 1. The number of nitrogen functional groups attached to an aromatic ring is 1. The zero-order valence-electron chi connectivity index (χ0n) is 15.7. The second kappa shape index (κ2) is 7.89. The largest absolute Gasteiger partial charge is 0.462 e. The summed E-state index contributed by atoms with van der Waals surface area (Å²) < 4.78 is 7.04.